The molecule has 0 aliphatic carbocycles. The molecule has 6 nitrogen and oxygen atoms in total. The van der Waals surface area contributed by atoms with Crippen LogP contribution in [0.3, 0.4) is 0 Å². The zero-order chi connectivity index (χ0) is 19.5. The van der Waals surface area contributed by atoms with Crippen LogP contribution in [-0.4, -0.2) is 23.0 Å². The Balaban J connectivity index is 1.59. The van der Waals surface area contributed by atoms with E-state index in [0.29, 0.717) is 27.3 Å². The van der Waals surface area contributed by atoms with Crippen molar-refractivity contribution in [3.8, 4) is 11.1 Å². The summed E-state index contributed by atoms with van der Waals surface area (Å²) in [5, 5.41) is 5.42. The fourth-order valence-electron chi connectivity index (χ4n) is 2.98. The third-order valence-electron chi connectivity index (χ3n) is 4.33. The van der Waals surface area contributed by atoms with E-state index >= 15 is 0 Å². The zero-order valence-electron chi connectivity index (χ0n) is 15.1. The number of hydrogen-bond donors (Lipinski definition) is 2. The molecule has 2 aromatic heterocycles. The molecule has 0 fully saturated rings. The highest BCUT2D eigenvalue weighted by Crippen LogP contribution is 2.30. The standard InChI is InChI=1S/C21H17N3O3S/c1-22-16-10-6-5-9-14(16)21(26)27-11-17-23-19(25)18-15(12-28-20(18)24-17)13-7-3-2-4-8-13/h2-10,12,22H,11H2,1H3,(H,23,24,25). The molecule has 7 heteroatoms. The van der Waals surface area contributed by atoms with E-state index in [1.165, 1.54) is 11.3 Å². The first kappa shape index (κ1) is 17.9. The van der Waals surface area contributed by atoms with Gasteiger partial charge in [0.05, 0.1) is 10.9 Å². The van der Waals surface area contributed by atoms with Gasteiger partial charge in [-0.1, -0.05) is 42.5 Å². The Morgan fingerprint density at radius 2 is 1.89 bits per heavy atom. The van der Waals surface area contributed by atoms with Gasteiger partial charge in [-0.2, -0.15) is 0 Å². The minimum Gasteiger partial charge on any atom is -0.454 e. The molecule has 0 saturated carbocycles. The molecular weight excluding hydrogens is 374 g/mol. The first-order chi connectivity index (χ1) is 13.7. The van der Waals surface area contributed by atoms with Crippen LogP contribution in [0.15, 0.2) is 64.8 Å². The molecule has 2 aromatic carbocycles. The molecule has 140 valence electrons. The summed E-state index contributed by atoms with van der Waals surface area (Å²) in [6.45, 7) is -0.110. The lowest BCUT2D eigenvalue weighted by atomic mass is 10.1. The highest BCUT2D eigenvalue weighted by Gasteiger charge is 2.15. The van der Waals surface area contributed by atoms with Crippen LogP contribution >= 0.6 is 11.3 Å². The van der Waals surface area contributed by atoms with Crippen molar-refractivity contribution in [3.63, 3.8) is 0 Å². The van der Waals surface area contributed by atoms with Gasteiger partial charge < -0.3 is 15.0 Å². The van der Waals surface area contributed by atoms with Crippen molar-refractivity contribution in [2.45, 2.75) is 6.61 Å². The van der Waals surface area contributed by atoms with Crippen LogP contribution in [0.5, 0.6) is 0 Å². The predicted octanol–water partition coefficient (Wildman–Crippen LogP) is 4.05. The number of ether oxygens (including phenoxy) is 1. The summed E-state index contributed by atoms with van der Waals surface area (Å²) in [7, 11) is 1.74. The molecule has 0 aliphatic rings. The number of H-pyrrole nitrogens is 1. The number of hydrogen-bond acceptors (Lipinski definition) is 6. The highest BCUT2D eigenvalue weighted by molar-refractivity contribution is 7.17. The average Bonchev–Trinajstić information content (AvgIpc) is 3.17. The molecule has 0 amide bonds. The number of carbonyl (C=O) groups excluding carboxylic acids is 1. The smallest absolute Gasteiger partial charge is 0.340 e. The number of aromatic amines is 1. The topological polar surface area (TPSA) is 84.1 Å². The number of carbonyl (C=O) groups is 1. The number of nitrogens with one attached hydrogen (secondary N) is 2. The minimum absolute atomic E-state index is 0.110. The monoisotopic (exact) mass is 391 g/mol. The number of fused-ring (bicyclic) bond motifs is 1. The highest BCUT2D eigenvalue weighted by atomic mass is 32.1. The van der Waals surface area contributed by atoms with Gasteiger partial charge in [-0.3, -0.25) is 4.79 Å². The summed E-state index contributed by atoms with van der Waals surface area (Å²) in [6, 6.07) is 16.8. The third-order valence-corrected chi connectivity index (χ3v) is 5.21. The van der Waals surface area contributed by atoms with Crippen LogP contribution in [0.25, 0.3) is 21.3 Å². The largest absolute Gasteiger partial charge is 0.454 e. The maximum absolute atomic E-state index is 12.6. The van der Waals surface area contributed by atoms with Gasteiger partial charge in [0.1, 0.15) is 17.3 Å². The quantitative estimate of drug-likeness (QED) is 0.502. The number of thiophene rings is 1. The van der Waals surface area contributed by atoms with Crippen molar-refractivity contribution in [1.82, 2.24) is 9.97 Å². The fourth-order valence-corrected chi connectivity index (χ4v) is 3.95. The molecule has 0 saturated heterocycles. The lowest BCUT2D eigenvalue weighted by Gasteiger charge is -2.08. The average molecular weight is 391 g/mol. The van der Waals surface area contributed by atoms with Crippen LogP contribution in [0.1, 0.15) is 16.2 Å². The van der Waals surface area contributed by atoms with Crippen LogP contribution < -0.4 is 10.9 Å². The number of rotatable bonds is 5. The zero-order valence-corrected chi connectivity index (χ0v) is 15.9. The fraction of sp³-hybridized carbons (Fsp3) is 0.0952. The van der Waals surface area contributed by atoms with E-state index in [-0.39, 0.29) is 12.2 Å². The van der Waals surface area contributed by atoms with Gasteiger partial charge in [0, 0.05) is 23.7 Å². The number of para-hydroxylation sites is 1. The summed E-state index contributed by atoms with van der Waals surface area (Å²) in [4.78, 5) is 32.8. The number of aromatic nitrogens is 2. The number of benzene rings is 2. The Morgan fingerprint density at radius 1 is 1.14 bits per heavy atom. The van der Waals surface area contributed by atoms with Crippen molar-refractivity contribution >= 4 is 33.2 Å². The molecule has 0 spiro atoms. The lowest BCUT2D eigenvalue weighted by Crippen LogP contribution is -2.14. The molecule has 0 atom stereocenters. The summed E-state index contributed by atoms with van der Waals surface area (Å²) in [6.07, 6.45) is 0. The number of nitrogens with zero attached hydrogens (tertiary/aromatic N) is 1. The van der Waals surface area contributed by atoms with Gasteiger partial charge in [-0.15, -0.1) is 11.3 Å². The summed E-state index contributed by atoms with van der Waals surface area (Å²) >= 11 is 1.39. The van der Waals surface area contributed by atoms with Gasteiger partial charge in [0.15, 0.2) is 0 Å². The van der Waals surface area contributed by atoms with Crippen LogP contribution in [0.2, 0.25) is 0 Å². The molecule has 0 bridgehead atoms. The van der Waals surface area contributed by atoms with Gasteiger partial charge >= 0.3 is 5.97 Å². The van der Waals surface area contributed by atoms with Crippen molar-refractivity contribution in [1.29, 1.82) is 0 Å². The Hall–Kier alpha value is -3.45. The summed E-state index contributed by atoms with van der Waals surface area (Å²) < 4.78 is 5.35. The molecule has 28 heavy (non-hydrogen) atoms. The number of esters is 1. The first-order valence-electron chi connectivity index (χ1n) is 8.67. The van der Waals surface area contributed by atoms with E-state index < -0.39 is 5.97 Å². The van der Waals surface area contributed by atoms with Crippen molar-refractivity contribution < 1.29 is 9.53 Å². The molecule has 4 aromatic rings. The Bertz CT molecular complexity index is 1200. The van der Waals surface area contributed by atoms with Crippen LogP contribution in [0.4, 0.5) is 5.69 Å². The Morgan fingerprint density at radius 3 is 2.68 bits per heavy atom. The van der Waals surface area contributed by atoms with Crippen molar-refractivity contribution in [3.05, 3.63) is 81.7 Å². The molecule has 0 unspecified atom stereocenters. The molecule has 0 aliphatic heterocycles. The third kappa shape index (κ3) is 3.39. The normalized spacial score (nSPS) is 10.8. The predicted molar refractivity (Wildman–Crippen MR) is 111 cm³/mol. The summed E-state index contributed by atoms with van der Waals surface area (Å²) in [5.74, 6) is -0.168. The van der Waals surface area contributed by atoms with Gasteiger partial charge in [-0.05, 0) is 17.7 Å². The summed E-state index contributed by atoms with van der Waals surface area (Å²) in [5.41, 5.74) is 2.67. The van der Waals surface area contributed by atoms with E-state index in [0.717, 1.165) is 11.1 Å². The second-order valence-corrected chi connectivity index (χ2v) is 6.94. The maximum Gasteiger partial charge on any atom is 0.340 e. The van der Waals surface area contributed by atoms with E-state index in [1.807, 2.05) is 41.8 Å². The Kier molecular flexibility index (Phi) is 4.90. The van der Waals surface area contributed by atoms with Gasteiger partial charge in [-0.25, -0.2) is 9.78 Å². The van der Waals surface area contributed by atoms with E-state index in [1.54, 1.807) is 25.2 Å². The van der Waals surface area contributed by atoms with Crippen LogP contribution in [0, 0.1) is 0 Å². The van der Waals surface area contributed by atoms with E-state index in [9.17, 15) is 9.59 Å². The molecule has 2 heterocycles. The lowest BCUT2D eigenvalue weighted by molar-refractivity contribution is 0.0463. The van der Waals surface area contributed by atoms with Gasteiger partial charge in [0.2, 0.25) is 0 Å². The SMILES string of the molecule is CNc1ccccc1C(=O)OCc1nc2scc(-c3ccccc3)c2c(=O)[nH]1. The molecule has 2 N–H and O–H groups in total. The van der Waals surface area contributed by atoms with Crippen LogP contribution in [-0.2, 0) is 11.3 Å². The van der Waals surface area contributed by atoms with Gasteiger partial charge in [0.25, 0.3) is 5.56 Å². The molecular formula is C21H17N3O3S. The first-order valence-corrected chi connectivity index (χ1v) is 9.55. The van der Waals surface area contributed by atoms with Crippen molar-refractivity contribution in [2.24, 2.45) is 0 Å². The van der Waals surface area contributed by atoms with E-state index in [4.69, 9.17) is 4.74 Å². The maximum atomic E-state index is 12.6. The number of anilines is 1. The second-order valence-electron chi connectivity index (χ2n) is 6.08. The molecule has 0 radical (unpaired) electrons. The minimum atomic E-state index is -0.483. The molecule has 4 rings (SSSR count). The van der Waals surface area contributed by atoms with E-state index in [2.05, 4.69) is 15.3 Å². The van der Waals surface area contributed by atoms with Crippen molar-refractivity contribution in [2.75, 3.05) is 12.4 Å². The second kappa shape index (κ2) is 7.66. The Labute approximate surface area is 164 Å².